The van der Waals surface area contributed by atoms with E-state index in [-0.39, 0.29) is 18.5 Å². The first-order valence-electron chi connectivity index (χ1n) is 11.5. The highest BCUT2D eigenvalue weighted by Gasteiger charge is 2.31. The van der Waals surface area contributed by atoms with Gasteiger partial charge in [0.05, 0.1) is 11.9 Å². The highest BCUT2D eigenvalue weighted by atomic mass is 32.2. The number of rotatable bonds is 10. The van der Waals surface area contributed by atoms with Gasteiger partial charge in [-0.2, -0.15) is 0 Å². The van der Waals surface area contributed by atoms with Crippen LogP contribution in [0.4, 0.5) is 5.69 Å². The van der Waals surface area contributed by atoms with E-state index in [9.17, 15) is 18.0 Å². The van der Waals surface area contributed by atoms with Crippen molar-refractivity contribution in [1.82, 2.24) is 10.2 Å². The van der Waals surface area contributed by atoms with E-state index in [1.807, 2.05) is 65.0 Å². The summed E-state index contributed by atoms with van der Waals surface area (Å²) in [6.07, 6.45) is 1.85. The van der Waals surface area contributed by atoms with E-state index >= 15 is 0 Å². The number of nitrogens with zero attached hydrogens (tertiary/aromatic N) is 2. The van der Waals surface area contributed by atoms with Gasteiger partial charge < -0.3 is 10.2 Å². The standard InChI is InChI=1S/C26H37N3O4S/c1-8-20(4)27-26(31)22(6)28(16-23-13-9-11-18(2)15-23)25(30)17-29(34(7,32)33)24-14-10-12-19(3)21(24)5/h9-15,20,22H,8,16-17H2,1-7H3,(H,27,31)/t20-,22+/m0/s1. The molecule has 0 aromatic heterocycles. The molecule has 0 bridgehead atoms. The van der Waals surface area contributed by atoms with Gasteiger partial charge in [-0.3, -0.25) is 13.9 Å². The van der Waals surface area contributed by atoms with Gasteiger partial charge in [0.25, 0.3) is 0 Å². The van der Waals surface area contributed by atoms with Crippen molar-refractivity contribution in [3.63, 3.8) is 0 Å². The third-order valence-electron chi connectivity index (χ3n) is 6.13. The average molecular weight is 488 g/mol. The summed E-state index contributed by atoms with van der Waals surface area (Å²) < 4.78 is 26.6. The van der Waals surface area contributed by atoms with Crippen LogP contribution in [-0.4, -0.2) is 50.0 Å². The quantitative estimate of drug-likeness (QED) is 0.554. The molecule has 0 unspecified atom stereocenters. The summed E-state index contributed by atoms with van der Waals surface area (Å²) in [6.45, 7) is 11.0. The van der Waals surface area contributed by atoms with Crippen LogP contribution in [0.15, 0.2) is 42.5 Å². The van der Waals surface area contributed by atoms with Gasteiger partial charge in [-0.25, -0.2) is 8.42 Å². The zero-order chi connectivity index (χ0) is 25.6. The minimum absolute atomic E-state index is 0.0340. The van der Waals surface area contributed by atoms with Gasteiger partial charge in [0, 0.05) is 12.6 Å². The molecule has 0 saturated heterocycles. The molecule has 2 rings (SSSR count). The number of carbonyl (C=O) groups is 2. The van der Waals surface area contributed by atoms with Crippen molar-refractivity contribution in [3.05, 3.63) is 64.7 Å². The highest BCUT2D eigenvalue weighted by molar-refractivity contribution is 7.92. The molecule has 8 heteroatoms. The monoisotopic (exact) mass is 487 g/mol. The SMILES string of the molecule is CC[C@H](C)NC(=O)[C@@H](C)N(Cc1cccc(C)c1)C(=O)CN(c1cccc(C)c1C)S(C)(=O)=O. The van der Waals surface area contributed by atoms with Gasteiger partial charge in [-0.15, -0.1) is 0 Å². The number of amides is 2. The Bertz CT molecular complexity index is 1130. The Hall–Kier alpha value is -2.87. The normalized spacial score (nSPS) is 13.1. The zero-order valence-corrected chi connectivity index (χ0v) is 22.1. The van der Waals surface area contributed by atoms with Crippen LogP contribution in [-0.2, 0) is 26.2 Å². The van der Waals surface area contributed by atoms with Gasteiger partial charge in [-0.1, -0.05) is 48.9 Å². The molecule has 0 radical (unpaired) electrons. The number of nitrogens with one attached hydrogen (secondary N) is 1. The first-order chi connectivity index (χ1) is 15.8. The fraction of sp³-hybridized carbons (Fsp3) is 0.462. The van der Waals surface area contributed by atoms with E-state index in [2.05, 4.69) is 5.32 Å². The van der Waals surface area contributed by atoms with Crippen molar-refractivity contribution < 1.29 is 18.0 Å². The molecule has 2 amide bonds. The third kappa shape index (κ3) is 7.06. The molecule has 2 aromatic carbocycles. The number of aryl methyl sites for hydroxylation is 2. The van der Waals surface area contributed by atoms with Crippen LogP contribution in [0.25, 0.3) is 0 Å². The fourth-order valence-electron chi connectivity index (χ4n) is 3.66. The molecule has 0 fully saturated rings. The van der Waals surface area contributed by atoms with Crippen molar-refractivity contribution in [1.29, 1.82) is 0 Å². The molecule has 186 valence electrons. The van der Waals surface area contributed by atoms with Gasteiger partial charge in [0.2, 0.25) is 21.8 Å². The molecule has 0 aliphatic rings. The summed E-state index contributed by atoms with van der Waals surface area (Å²) in [5.74, 6) is -0.715. The minimum Gasteiger partial charge on any atom is -0.352 e. The summed E-state index contributed by atoms with van der Waals surface area (Å²) in [6, 6.07) is 12.3. The second kappa shape index (κ2) is 11.5. The van der Waals surface area contributed by atoms with E-state index in [1.165, 1.54) is 4.90 Å². The third-order valence-corrected chi connectivity index (χ3v) is 7.25. The second-order valence-corrected chi connectivity index (χ2v) is 10.9. The smallest absolute Gasteiger partial charge is 0.244 e. The van der Waals surface area contributed by atoms with Gasteiger partial charge in [0.1, 0.15) is 12.6 Å². The van der Waals surface area contributed by atoms with Crippen molar-refractivity contribution >= 4 is 27.5 Å². The van der Waals surface area contributed by atoms with E-state index in [1.54, 1.807) is 19.1 Å². The lowest BCUT2D eigenvalue weighted by Gasteiger charge is -2.32. The Balaban J connectivity index is 2.43. The average Bonchev–Trinajstić information content (AvgIpc) is 2.76. The Morgan fingerprint density at radius 2 is 1.68 bits per heavy atom. The second-order valence-electron chi connectivity index (χ2n) is 8.99. The van der Waals surface area contributed by atoms with E-state index in [0.29, 0.717) is 5.69 Å². The largest absolute Gasteiger partial charge is 0.352 e. The Kier molecular flexibility index (Phi) is 9.27. The lowest BCUT2D eigenvalue weighted by molar-refractivity contribution is -0.139. The molecule has 0 aliphatic carbocycles. The molecule has 7 nitrogen and oxygen atoms in total. The summed E-state index contributed by atoms with van der Waals surface area (Å²) in [5, 5.41) is 2.93. The summed E-state index contributed by atoms with van der Waals surface area (Å²) in [4.78, 5) is 28.0. The summed E-state index contributed by atoms with van der Waals surface area (Å²) >= 11 is 0. The van der Waals surface area contributed by atoms with Crippen LogP contribution in [0.5, 0.6) is 0 Å². The van der Waals surface area contributed by atoms with Crippen molar-refractivity contribution in [2.45, 2.75) is 66.6 Å². The van der Waals surface area contributed by atoms with Crippen LogP contribution < -0.4 is 9.62 Å². The number of anilines is 1. The lowest BCUT2D eigenvalue weighted by atomic mass is 10.1. The van der Waals surface area contributed by atoms with Crippen LogP contribution in [0.2, 0.25) is 0 Å². The number of hydrogen-bond donors (Lipinski definition) is 1. The number of carbonyl (C=O) groups excluding carboxylic acids is 2. The van der Waals surface area contributed by atoms with Crippen molar-refractivity contribution in [3.8, 4) is 0 Å². The molecule has 0 heterocycles. The lowest BCUT2D eigenvalue weighted by Crippen LogP contribution is -2.52. The molecule has 2 atom stereocenters. The number of benzene rings is 2. The predicted molar refractivity (Wildman–Crippen MR) is 137 cm³/mol. The predicted octanol–water partition coefficient (Wildman–Crippen LogP) is 3.71. The molecule has 1 N–H and O–H groups in total. The van der Waals surface area contributed by atoms with E-state index in [4.69, 9.17) is 0 Å². The van der Waals surface area contributed by atoms with Gasteiger partial charge >= 0.3 is 0 Å². The van der Waals surface area contributed by atoms with Crippen LogP contribution in [0.3, 0.4) is 0 Å². The van der Waals surface area contributed by atoms with Crippen LogP contribution in [0, 0.1) is 20.8 Å². The maximum atomic E-state index is 13.6. The van der Waals surface area contributed by atoms with Crippen molar-refractivity contribution in [2.24, 2.45) is 0 Å². The van der Waals surface area contributed by atoms with Gasteiger partial charge in [0.15, 0.2) is 0 Å². The maximum Gasteiger partial charge on any atom is 0.244 e. The Labute approximate surface area is 204 Å². The highest BCUT2D eigenvalue weighted by Crippen LogP contribution is 2.25. The van der Waals surface area contributed by atoms with Crippen LogP contribution in [0.1, 0.15) is 49.4 Å². The van der Waals surface area contributed by atoms with Gasteiger partial charge in [-0.05, 0) is 63.8 Å². The Morgan fingerprint density at radius 1 is 1.03 bits per heavy atom. The molecule has 0 aliphatic heterocycles. The van der Waals surface area contributed by atoms with Crippen LogP contribution >= 0.6 is 0 Å². The summed E-state index contributed by atoms with van der Waals surface area (Å²) in [5.41, 5.74) is 4.08. The fourth-order valence-corrected chi connectivity index (χ4v) is 4.56. The molecule has 34 heavy (non-hydrogen) atoms. The maximum absolute atomic E-state index is 13.6. The zero-order valence-electron chi connectivity index (χ0n) is 21.3. The number of sulfonamides is 1. The molecular formula is C26H37N3O4S. The molecular weight excluding hydrogens is 450 g/mol. The number of hydrogen-bond acceptors (Lipinski definition) is 4. The first-order valence-corrected chi connectivity index (χ1v) is 13.4. The molecule has 2 aromatic rings. The van der Waals surface area contributed by atoms with E-state index in [0.717, 1.165) is 39.2 Å². The topological polar surface area (TPSA) is 86.8 Å². The first kappa shape index (κ1) is 27.4. The Morgan fingerprint density at radius 3 is 2.26 bits per heavy atom. The molecule has 0 spiro atoms. The summed E-state index contributed by atoms with van der Waals surface area (Å²) in [7, 11) is -3.75. The van der Waals surface area contributed by atoms with E-state index < -0.39 is 28.5 Å². The van der Waals surface area contributed by atoms with Crippen molar-refractivity contribution in [2.75, 3.05) is 17.1 Å². The molecule has 0 saturated carbocycles. The minimum atomic E-state index is -3.75.